The Kier molecular flexibility index (Phi) is 5.98. The first-order chi connectivity index (χ1) is 16.4. The zero-order valence-electron chi connectivity index (χ0n) is 17.9. The third-order valence-corrected chi connectivity index (χ3v) is 5.06. The monoisotopic (exact) mass is 430 g/mol. The molecular weight excluding hydrogens is 408 g/mol. The van der Waals surface area contributed by atoms with E-state index in [2.05, 4.69) is 38.2 Å². The summed E-state index contributed by atoms with van der Waals surface area (Å²) in [7, 11) is 0. The minimum atomic E-state index is 0.785. The molecule has 33 heavy (non-hydrogen) atoms. The summed E-state index contributed by atoms with van der Waals surface area (Å²) < 4.78 is 0. The van der Waals surface area contributed by atoms with Gasteiger partial charge in [-0.15, -0.1) is 0 Å². The summed E-state index contributed by atoms with van der Waals surface area (Å²) in [5.41, 5.74) is 1.86. The van der Waals surface area contributed by atoms with E-state index in [0.29, 0.717) is 0 Å². The molecule has 0 atom stereocenters. The summed E-state index contributed by atoms with van der Waals surface area (Å²) >= 11 is 0. The Morgan fingerprint density at radius 3 is 1.76 bits per heavy atom. The molecule has 1 aliphatic rings. The Balaban J connectivity index is 1.64. The highest BCUT2D eigenvalue weighted by atomic mass is 15.3. The first-order valence-corrected chi connectivity index (χ1v) is 10.7. The number of benzene rings is 1. The highest BCUT2D eigenvalue weighted by molar-refractivity contribution is 5.78. The van der Waals surface area contributed by atoms with Crippen LogP contribution in [0.1, 0.15) is 6.42 Å². The van der Waals surface area contributed by atoms with Crippen LogP contribution in [-0.2, 0) is 0 Å². The van der Waals surface area contributed by atoms with E-state index in [1.807, 2.05) is 94.9 Å². The van der Waals surface area contributed by atoms with Crippen LogP contribution in [0.2, 0.25) is 0 Å². The maximum absolute atomic E-state index is 4.69. The first kappa shape index (κ1) is 20.3. The largest absolute Gasteiger partial charge is 0.279 e. The number of rotatable bonds is 6. The number of aliphatic imine (C=N–C) groups is 1. The number of aromatic nitrogens is 3. The maximum Gasteiger partial charge on any atom is 0.138 e. The molecule has 0 radical (unpaired) electrons. The van der Waals surface area contributed by atoms with Crippen LogP contribution in [0.5, 0.6) is 0 Å². The molecule has 0 saturated carbocycles. The number of anilines is 5. The molecule has 0 spiro atoms. The van der Waals surface area contributed by atoms with E-state index in [-0.39, 0.29) is 0 Å². The van der Waals surface area contributed by atoms with Crippen molar-refractivity contribution in [3.05, 3.63) is 122 Å². The van der Waals surface area contributed by atoms with Gasteiger partial charge < -0.3 is 0 Å². The zero-order chi connectivity index (χ0) is 22.3. The van der Waals surface area contributed by atoms with Gasteiger partial charge in [0.05, 0.1) is 11.4 Å². The van der Waals surface area contributed by atoms with Crippen LogP contribution >= 0.6 is 0 Å². The predicted molar refractivity (Wildman–Crippen MR) is 133 cm³/mol. The van der Waals surface area contributed by atoms with Gasteiger partial charge in [0.25, 0.3) is 0 Å². The fraction of sp³-hybridized carbons (Fsp3) is 0.0370. The molecule has 1 aromatic carbocycles. The lowest BCUT2D eigenvalue weighted by molar-refractivity contribution is 1.07. The van der Waals surface area contributed by atoms with Crippen molar-refractivity contribution in [2.75, 3.05) is 9.80 Å². The van der Waals surface area contributed by atoms with Gasteiger partial charge in [-0.1, -0.05) is 36.4 Å². The molecule has 160 valence electrons. The third-order valence-electron chi connectivity index (χ3n) is 5.06. The molecule has 1 aliphatic heterocycles. The number of allylic oxidation sites excluding steroid dienone is 3. The van der Waals surface area contributed by atoms with Crippen molar-refractivity contribution in [1.29, 1.82) is 0 Å². The minimum Gasteiger partial charge on any atom is -0.279 e. The highest BCUT2D eigenvalue weighted by Crippen LogP contribution is 2.36. The van der Waals surface area contributed by atoms with Crippen molar-refractivity contribution in [3.8, 4) is 0 Å². The molecule has 0 aliphatic carbocycles. The van der Waals surface area contributed by atoms with Crippen LogP contribution in [0.15, 0.2) is 126 Å². The topological polar surface area (TPSA) is 57.5 Å². The molecule has 0 amide bonds. The molecule has 3 aromatic heterocycles. The number of nitrogens with zero attached hydrogens (tertiary/aromatic N) is 6. The lowest BCUT2D eigenvalue weighted by atomic mass is 10.2. The average molecular weight is 431 g/mol. The van der Waals surface area contributed by atoms with Gasteiger partial charge in [0.2, 0.25) is 0 Å². The van der Waals surface area contributed by atoms with Gasteiger partial charge in [0, 0.05) is 31.2 Å². The lowest BCUT2D eigenvalue weighted by Gasteiger charge is -2.27. The second kappa shape index (κ2) is 9.70. The summed E-state index contributed by atoms with van der Waals surface area (Å²) in [5, 5.41) is 0. The van der Waals surface area contributed by atoms with Crippen LogP contribution < -0.4 is 9.80 Å². The SMILES string of the molecule is C1=CCC=NC(N(c2cccc(N(c3ccccn3)c3ccccn3)c2)c2ccccn2)=C1. The minimum absolute atomic E-state index is 0.785. The van der Waals surface area contributed by atoms with E-state index >= 15 is 0 Å². The standard InChI is InChI=1S/C27H22N6/c1-2-13-24(28-17-6-1)32(25-14-3-7-18-29-25)22-11-10-12-23(21-22)33(26-15-4-8-19-30-26)27-16-5-9-20-31-27/h1-5,7-21H,6H2. The molecular formula is C27H22N6. The Morgan fingerprint density at radius 1 is 0.606 bits per heavy atom. The molecule has 0 fully saturated rings. The van der Waals surface area contributed by atoms with Crippen LogP contribution in [0.25, 0.3) is 0 Å². The van der Waals surface area contributed by atoms with Crippen LogP contribution in [-0.4, -0.2) is 21.2 Å². The summed E-state index contributed by atoms with van der Waals surface area (Å²) in [6.45, 7) is 0. The molecule has 0 N–H and O–H groups in total. The van der Waals surface area contributed by atoms with E-state index in [1.54, 1.807) is 18.6 Å². The first-order valence-electron chi connectivity index (χ1n) is 10.7. The van der Waals surface area contributed by atoms with Crippen molar-refractivity contribution in [2.45, 2.75) is 6.42 Å². The third kappa shape index (κ3) is 4.55. The van der Waals surface area contributed by atoms with E-state index in [4.69, 9.17) is 0 Å². The van der Waals surface area contributed by atoms with Crippen LogP contribution in [0.3, 0.4) is 0 Å². The normalized spacial score (nSPS) is 12.7. The predicted octanol–water partition coefficient (Wildman–Crippen LogP) is 6.35. The van der Waals surface area contributed by atoms with Gasteiger partial charge >= 0.3 is 0 Å². The van der Waals surface area contributed by atoms with Crippen LogP contribution in [0.4, 0.5) is 28.8 Å². The molecule has 0 saturated heterocycles. The molecule has 4 aromatic rings. The zero-order valence-corrected chi connectivity index (χ0v) is 17.9. The number of hydrogen-bond acceptors (Lipinski definition) is 6. The summed E-state index contributed by atoms with van der Waals surface area (Å²) in [4.78, 5) is 22.5. The van der Waals surface area contributed by atoms with E-state index in [9.17, 15) is 0 Å². The van der Waals surface area contributed by atoms with Gasteiger partial charge in [-0.3, -0.25) is 9.80 Å². The summed E-state index contributed by atoms with van der Waals surface area (Å²) in [5.74, 6) is 3.15. The number of pyridine rings is 3. The Hall–Kier alpha value is -4.58. The molecule has 0 bridgehead atoms. The van der Waals surface area contributed by atoms with E-state index in [0.717, 1.165) is 41.1 Å². The fourth-order valence-corrected chi connectivity index (χ4v) is 3.61. The Labute approximate surface area is 192 Å². The van der Waals surface area contributed by atoms with E-state index in [1.165, 1.54) is 0 Å². The maximum atomic E-state index is 4.69. The van der Waals surface area contributed by atoms with Gasteiger partial charge in [0.15, 0.2) is 0 Å². The average Bonchev–Trinajstić information content (AvgIpc) is 3.16. The highest BCUT2D eigenvalue weighted by Gasteiger charge is 2.19. The van der Waals surface area contributed by atoms with Gasteiger partial charge in [-0.25, -0.2) is 19.9 Å². The lowest BCUT2D eigenvalue weighted by Crippen LogP contribution is -2.18. The quantitative estimate of drug-likeness (QED) is 0.357. The number of hydrogen-bond donors (Lipinski definition) is 0. The molecule has 5 rings (SSSR count). The second-order valence-electron chi connectivity index (χ2n) is 7.25. The van der Waals surface area contributed by atoms with Crippen molar-refractivity contribution >= 4 is 35.0 Å². The molecule has 4 heterocycles. The fourth-order valence-electron chi connectivity index (χ4n) is 3.61. The summed E-state index contributed by atoms with van der Waals surface area (Å²) in [6.07, 6.45) is 14.2. The molecule has 6 heteroatoms. The smallest absolute Gasteiger partial charge is 0.138 e. The Morgan fingerprint density at radius 2 is 1.18 bits per heavy atom. The molecule has 6 nitrogen and oxygen atoms in total. The molecule has 0 unspecified atom stereocenters. The van der Waals surface area contributed by atoms with Crippen molar-refractivity contribution in [1.82, 2.24) is 15.0 Å². The van der Waals surface area contributed by atoms with Crippen molar-refractivity contribution in [3.63, 3.8) is 0 Å². The van der Waals surface area contributed by atoms with E-state index < -0.39 is 0 Å². The van der Waals surface area contributed by atoms with Gasteiger partial charge in [-0.2, -0.15) is 0 Å². The second-order valence-corrected chi connectivity index (χ2v) is 7.25. The van der Waals surface area contributed by atoms with Crippen LogP contribution in [0, 0.1) is 0 Å². The summed E-state index contributed by atoms with van der Waals surface area (Å²) in [6, 6.07) is 25.8. The van der Waals surface area contributed by atoms with Crippen molar-refractivity contribution in [2.24, 2.45) is 4.99 Å². The van der Waals surface area contributed by atoms with Gasteiger partial charge in [0.1, 0.15) is 23.3 Å². The van der Waals surface area contributed by atoms with Gasteiger partial charge in [-0.05, 0) is 60.7 Å². The Bertz CT molecular complexity index is 1240. The van der Waals surface area contributed by atoms with Crippen molar-refractivity contribution < 1.29 is 0 Å².